The molecule has 0 bridgehead atoms. The summed E-state index contributed by atoms with van der Waals surface area (Å²) in [5.74, 6) is 0.598. The van der Waals surface area contributed by atoms with Crippen molar-refractivity contribution >= 4 is 17.3 Å². The first-order chi connectivity index (χ1) is 12.5. The molecule has 0 radical (unpaired) electrons. The van der Waals surface area contributed by atoms with Crippen LogP contribution in [0.15, 0.2) is 29.3 Å². The predicted octanol–water partition coefficient (Wildman–Crippen LogP) is 3.33. The van der Waals surface area contributed by atoms with Gasteiger partial charge in [-0.25, -0.2) is 9.37 Å². The van der Waals surface area contributed by atoms with Crippen LogP contribution < -0.4 is 15.4 Å². The minimum atomic E-state index is -0.355. The number of para-hydroxylation sites is 1. The molecule has 2 N–H and O–H groups in total. The molecule has 7 heteroatoms. The summed E-state index contributed by atoms with van der Waals surface area (Å²) in [4.78, 5) is 10.1. The largest absolute Gasteiger partial charge is 0.486 e. The van der Waals surface area contributed by atoms with Crippen LogP contribution in [-0.4, -0.2) is 37.2 Å². The summed E-state index contributed by atoms with van der Waals surface area (Å²) in [6, 6.07) is 6.41. The molecule has 5 nitrogen and oxygen atoms in total. The average molecular weight is 379 g/mol. The Morgan fingerprint density at radius 2 is 2.12 bits per heavy atom. The van der Waals surface area contributed by atoms with Crippen LogP contribution in [0.4, 0.5) is 4.39 Å². The molecule has 2 aromatic rings. The van der Waals surface area contributed by atoms with E-state index in [4.69, 9.17) is 4.74 Å². The summed E-state index contributed by atoms with van der Waals surface area (Å²) in [6.45, 7) is 7.39. The van der Waals surface area contributed by atoms with Crippen LogP contribution in [0.3, 0.4) is 0 Å². The van der Waals surface area contributed by atoms with E-state index in [-0.39, 0.29) is 17.7 Å². The van der Waals surface area contributed by atoms with Crippen LogP contribution >= 0.6 is 11.3 Å². The van der Waals surface area contributed by atoms with Gasteiger partial charge in [-0.3, -0.25) is 4.99 Å². The Morgan fingerprint density at radius 1 is 1.35 bits per heavy atom. The maximum Gasteiger partial charge on any atom is 0.191 e. The maximum atomic E-state index is 13.6. The van der Waals surface area contributed by atoms with Crippen molar-refractivity contribution in [2.45, 2.75) is 39.7 Å². The second-order valence-corrected chi connectivity index (χ2v) is 7.24. The van der Waals surface area contributed by atoms with Gasteiger partial charge in [0.05, 0.1) is 17.2 Å². The number of aliphatic imine (C=N–C) groups is 1. The first-order valence-corrected chi connectivity index (χ1v) is 9.66. The number of nitrogens with zero attached hydrogens (tertiary/aromatic N) is 2. The van der Waals surface area contributed by atoms with E-state index in [2.05, 4.69) is 34.5 Å². The Hall–Kier alpha value is -2.15. The molecule has 1 atom stereocenters. The average Bonchev–Trinajstić information content (AvgIpc) is 2.99. The van der Waals surface area contributed by atoms with Crippen LogP contribution in [0.5, 0.6) is 5.75 Å². The molecule has 0 spiro atoms. The number of aryl methyl sites for hydroxylation is 2. The quantitative estimate of drug-likeness (QED) is 0.546. The number of ether oxygens (including phenoxy) is 1. The lowest BCUT2D eigenvalue weighted by Gasteiger charge is -2.18. The first-order valence-electron chi connectivity index (χ1n) is 8.84. The van der Waals surface area contributed by atoms with E-state index in [1.165, 1.54) is 16.6 Å². The van der Waals surface area contributed by atoms with Gasteiger partial charge in [0.2, 0.25) is 0 Å². The van der Waals surface area contributed by atoms with Gasteiger partial charge in [-0.2, -0.15) is 0 Å². The van der Waals surface area contributed by atoms with Crippen molar-refractivity contribution in [3.05, 3.63) is 45.7 Å². The third-order valence-electron chi connectivity index (χ3n) is 3.85. The number of benzene rings is 1. The highest BCUT2D eigenvalue weighted by Gasteiger charge is 2.09. The Kier molecular flexibility index (Phi) is 7.84. The van der Waals surface area contributed by atoms with E-state index in [1.807, 2.05) is 6.92 Å². The van der Waals surface area contributed by atoms with E-state index in [0.29, 0.717) is 12.5 Å². The monoisotopic (exact) mass is 378 g/mol. The smallest absolute Gasteiger partial charge is 0.191 e. The number of thiazole rings is 1. The molecule has 0 aliphatic carbocycles. The molecule has 2 rings (SSSR count). The fourth-order valence-electron chi connectivity index (χ4n) is 2.47. The number of aromatic nitrogens is 1. The van der Waals surface area contributed by atoms with Gasteiger partial charge in [0, 0.05) is 24.9 Å². The van der Waals surface area contributed by atoms with Crippen molar-refractivity contribution < 1.29 is 9.13 Å². The summed E-state index contributed by atoms with van der Waals surface area (Å²) in [5, 5.41) is 7.61. The Morgan fingerprint density at radius 3 is 2.77 bits per heavy atom. The number of nitrogens with one attached hydrogen (secondary N) is 2. The second-order valence-electron chi connectivity index (χ2n) is 5.95. The minimum absolute atomic E-state index is 0.195. The van der Waals surface area contributed by atoms with Crippen LogP contribution in [0, 0.1) is 12.7 Å². The number of guanidine groups is 1. The molecule has 0 saturated heterocycles. The summed E-state index contributed by atoms with van der Waals surface area (Å²) in [6.07, 6.45) is 1.63. The van der Waals surface area contributed by atoms with Gasteiger partial charge in [-0.1, -0.05) is 19.1 Å². The third-order valence-corrected chi connectivity index (χ3v) is 4.92. The molecule has 0 fully saturated rings. The van der Waals surface area contributed by atoms with Gasteiger partial charge < -0.3 is 15.4 Å². The molecule has 142 valence electrons. The molecule has 26 heavy (non-hydrogen) atoms. The molecular formula is C19H27FN4OS. The third kappa shape index (κ3) is 5.98. The number of hydrogen-bond acceptors (Lipinski definition) is 4. The van der Waals surface area contributed by atoms with Crippen molar-refractivity contribution in [3.8, 4) is 5.75 Å². The minimum Gasteiger partial charge on any atom is -0.486 e. The predicted molar refractivity (Wildman–Crippen MR) is 106 cm³/mol. The molecule has 1 heterocycles. The zero-order valence-electron chi connectivity index (χ0n) is 15.8. The normalized spacial score (nSPS) is 12.7. The van der Waals surface area contributed by atoms with Crippen LogP contribution in [0.1, 0.15) is 29.4 Å². The van der Waals surface area contributed by atoms with Crippen molar-refractivity contribution in [3.63, 3.8) is 0 Å². The van der Waals surface area contributed by atoms with Gasteiger partial charge in [0.1, 0.15) is 6.10 Å². The van der Waals surface area contributed by atoms with Gasteiger partial charge in [-0.05, 0) is 32.4 Å². The van der Waals surface area contributed by atoms with Crippen LogP contribution in [0.25, 0.3) is 0 Å². The van der Waals surface area contributed by atoms with E-state index >= 15 is 0 Å². The van der Waals surface area contributed by atoms with E-state index in [1.54, 1.807) is 36.6 Å². The van der Waals surface area contributed by atoms with E-state index in [9.17, 15) is 4.39 Å². The number of halogens is 1. The summed E-state index contributed by atoms with van der Waals surface area (Å²) >= 11 is 1.75. The maximum absolute atomic E-state index is 13.6. The van der Waals surface area contributed by atoms with Crippen molar-refractivity contribution in [2.24, 2.45) is 4.99 Å². The SMILES string of the molecule is CCc1nc(CCNC(=NC)NCC(C)Oc2ccccc2F)sc1C. The van der Waals surface area contributed by atoms with Crippen LogP contribution in [-0.2, 0) is 12.8 Å². The highest BCUT2D eigenvalue weighted by atomic mass is 32.1. The molecule has 0 amide bonds. The van der Waals surface area contributed by atoms with Crippen LogP contribution in [0.2, 0.25) is 0 Å². The highest BCUT2D eigenvalue weighted by Crippen LogP contribution is 2.18. The van der Waals surface area contributed by atoms with Crippen molar-refractivity contribution in [1.29, 1.82) is 0 Å². The van der Waals surface area contributed by atoms with Crippen molar-refractivity contribution in [2.75, 3.05) is 20.1 Å². The number of rotatable bonds is 8. The molecule has 1 aromatic heterocycles. The zero-order chi connectivity index (χ0) is 18.9. The van der Waals surface area contributed by atoms with Gasteiger partial charge in [-0.15, -0.1) is 11.3 Å². The highest BCUT2D eigenvalue weighted by molar-refractivity contribution is 7.11. The fraction of sp³-hybridized carbons (Fsp3) is 0.474. The molecule has 0 aliphatic rings. The topological polar surface area (TPSA) is 58.5 Å². The summed E-state index contributed by atoms with van der Waals surface area (Å²) in [5.41, 5.74) is 1.19. The van der Waals surface area contributed by atoms with Gasteiger partial charge in [0.15, 0.2) is 17.5 Å². The lowest BCUT2D eigenvalue weighted by molar-refractivity contribution is 0.214. The zero-order valence-corrected chi connectivity index (χ0v) is 16.6. The molecular weight excluding hydrogens is 351 g/mol. The standard InChI is InChI=1S/C19H27FN4OS/c1-5-16-14(3)26-18(24-16)10-11-22-19(21-4)23-12-13(2)25-17-9-7-6-8-15(17)20/h6-9,13H,5,10-12H2,1-4H3,(H2,21,22,23). The Balaban J connectivity index is 1.74. The summed E-state index contributed by atoms with van der Waals surface area (Å²) in [7, 11) is 1.72. The summed E-state index contributed by atoms with van der Waals surface area (Å²) < 4.78 is 19.2. The first kappa shape index (κ1) is 20.2. The Labute approximate surface area is 158 Å². The second kappa shape index (κ2) is 10.1. The molecule has 0 aliphatic heterocycles. The molecule has 1 aromatic carbocycles. The lowest BCUT2D eigenvalue weighted by Crippen LogP contribution is -2.42. The molecule has 0 saturated carbocycles. The number of hydrogen-bond donors (Lipinski definition) is 2. The lowest BCUT2D eigenvalue weighted by atomic mass is 10.3. The van der Waals surface area contributed by atoms with Gasteiger partial charge in [0.25, 0.3) is 0 Å². The van der Waals surface area contributed by atoms with Crippen molar-refractivity contribution in [1.82, 2.24) is 15.6 Å². The van der Waals surface area contributed by atoms with E-state index in [0.717, 1.165) is 24.4 Å². The van der Waals surface area contributed by atoms with E-state index < -0.39 is 0 Å². The van der Waals surface area contributed by atoms with Gasteiger partial charge >= 0.3 is 0 Å². The fourth-order valence-corrected chi connectivity index (χ4v) is 3.49. The Bertz CT molecular complexity index is 732. The molecule has 1 unspecified atom stereocenters.